The quantitative estimate of drug-likeness (QED) is 0.736. The molecule has 0 saturated heterocycles. The molecule has 0 aliphatic heterocycles. The Bertz CT molecular complexity index is 446. The van der Waals surface area contributed by atoms with Crippen LogP contribution >= 0.6 is 15.9 Å². The summed E-state index contributed by atoms with van der Waals surface area (Å²) >= 11 is 3.60. The third-order valence-electron chi connectivity index (χ3n) is 2.52. The van der Waals surface area contributed by atoms with Gasteiger partial charge in [-0.3, -0.25) is 0 Å². The Morgan fingerprint density at radius 2 is 1.73 bits per heavy atom. The van der Waals surface area contributed by atoms with Crippen molar-refractivity contribution < 1.29 is 0 Å². The molecular formula is C14H13Br. The summed E-state index contributed by atoms with van der Waals surface area (Å²) in [6.07, 6.45) is 1.08. The fraction of sp³-hybridized carbons (Fsp3) is 0.143. The second-order valence-corrected chi connectivity index (χ2v) is 4.39. The van der Waals surface area contributed by atoms with E-state index in [9.17, 15) is 0 Å². The van der Waals surface area contributed by atoms with Gasteiger partial charge in [-0.25, -0.2) is 0 Å². The molecule has 2 rings (SSSR count). The second-order valence-electron chi connectivity index (χ2n) is 3.53. The third-order valence-corrected chi connectivity index (χ3v) is 3.22. The predicted molar refractivity (Wildman–Crippen MR) is 69.0 cm³/mol. The van der Waals surface area contributed by atoms with Gasteiger partial charge in [-0.2, -0.15) is 0 Å². The Hall–Kier alpha value is -1.08. The summed E-state index contributed by atoms with van der Waals surface area (Å²) in [5, 5.41) is 0. The first-order chi connectivity index (χ1) is 7.31. The molecular weight excluding hydrogens is 248 g/mol. The molecule has 76 valence electrons. The number of hydrogen-bond acceptors (Lipinski definition) is 0. The highest BCUT2D eigenvalue weighted by Gasteiger charge is 2.02. The summed E-state index contributed by atoms with van der Waals surface area (Å²) < 4.78 is 1.16. The van der Waals surface area contributed by atoms with Crippen LogP contribution in [0.1, 0.15) is 12.5 Å². The van der Waals surface area contributed by atoms with E-state index in [1.165, 1.54) is 16.7 Å². The van der Waals surface area contributed by atoms with Crippen LogP contribution in [0.15, 0.2) is 53.0 Å². The first kappa shape index (κ1) is 10.4. The van der Waals surface area contributed by atoms with Crippen molar-refractivity contribution in [2.45, 2.75) is 13.3 Å². The molecule has 0 radical (unpaired) electrons. The topological polar surface area (TPSA) is 0 Å². The minimum absolute atomic E-state index is 1.08. The normalized spacial score (nSPS) is 10.3. The lowest BCUT2D eigenvalue weighted by Crippen LogP contribution is -1.84. The van der Waals surface area contributed by atoms with E-state index in [4.69, 9.17) is 0 Å². The molecule has 15 heavy (non-hydrogen) atoms. The lowest BCUT2D eigenvalue weighted by Gasteiger charge is -2.06. The molecule has 2 aromatic carbocycles. The van der Waals surface area contributed by atoms with Crippen molar-refractivity contribution in [2.24, 2.45) is 0 Å². The van der Waals surface area contributed by atoms with Gasteiger partial charge < -0.3 is 0 Å². The number of aryl methyl sites for hydroxylation is 1. The average Bonchev–Trinajstić information content (AvgIpc) is 2.31. The zero-order chi connectivity index (χ0) is 10.7. The maximum Gasteiger partial charge on any atom is 0.0253 e. The van der Waals surface area contributed by atoms with E-state index in [-0.39, 0.29) is 0 Å². The van der Waals surface area contributed by atoms with Crippen molar-refractivity contribution in [1.82, 2.24) is 0 Å². The van der Waals surface area contributed by atoms with E-state index < -0.39 is 0 Å². The maximum atomic E-state index is 3.60. The van der Waals surface area contributed by atoms with Crippen LogP contribution in [0.3, 0.4) is 0 Å². The van der Waals surface area contributed by atoms with Gasteiger partial charge in [-0.15, -0.1) is 0 Å². The van der Waals surface area contributed by atoms with Crippen molar-refractivity contribution in [1.29, 1.82) is 0 Å². The van der Waals surface area contributed by atoms with Gasteiger partial charge in [0.05, 0.1) is 0 Å². The zero-order valence-corrected chi connectivity index (χ0v) is 10.3. The Morgan fingerprint density at radius 3 is 2.40 bits per heavy atom. The monoisotopic (exact) mass is 260 g/mol. The number of rotatable bonds is 2. The van der Waals surface area contributed by atoms with Gasteiger partial charge >= 0.3 is 0 Å². The van der Waals surface area contributed by atoms with Gasteiger partial charge in [-0.1, -0.05) is 65.3 Å². The minimum atomic E-state index is 1.08. The third kappa shape index (κ3) is 2.29. The highest BCUT2D eigenvalue weighted by molar-refractivity contribution is 9.10. The van der Waals surface area contributed by atoms with Crippen LogP contribution in [0, 0.1) is 0 Å². The van der Waals surface area contributed by atoms with Crippen LogP contribution < -0.4 is 0 Å². The fourth-order valence-corrected chi connectivity index (χ4v) is 2.11. The zero-order valence-electron chi connectivity index (χ0n) is 8.70. The molecule has 0 aromatic heterocycles. The Labute approximate surface area is 99.1 Å². The van der Waals surface area contributed by atoms with Gasteiger partial charge in [0.15, 0.2) is 0 Å². The molecule has 0 saturated carbocycles. The highest BCUT2D eigenvalue weighted by atomic mass is 79.9. The van der Waals surface area contributed by atoms with Crippen LogP contribution in [0.4, 0.5) is 0 Å². The summed E-state index contributed by atoms with van der Waals surface area (Å²) in [5.41, 5.74) is 3.91. The second kappa shape index (κ2) is 4.63. The predicted octanol–water partition coefficient (Wildman–Crippen LogP) is 4.68. The number of hydrogen-bond donors (Lipinski definition) is 0. The Balaban J connectivity index is 2.52. The van der Waals surface area contributed by atoms with E-state index in [0.29, 0.717) is 0 Å². The molecule has 0 bridgehead atoms. The molecule has 0 fully saturated rings. The van der Waals surface area contributed by atoms with Crippen molar-refractivity contribution in [3.63, 3.8) is 0 Å². The average molecular weight is 261 g/mol. The van der Waals surface area contributed by atoms with Gasteiger partial charge in [-0.05, 0) is 29.2 Å². The van der Waals surface area contributed by atoms with Crippen LogP contribution in [0.25, 0.3) is 11.1 Å². The Morgan fingerprint density at radius 1 is 1.00 bits per heavy atom. The fourth-order valence-electron chi connectivity index (χ4n) is 1.63. The molecule has 0 aliphatic rings. The largest absolute Gasteiger partial charge is 0.0622 e. The first-order valence-corrected chi connectivity index (χ1v) is 5.94. The smallest absolute Gasteiger partial charge is 0.0253 e. The molecule has 0 spiro atoms. The van der Waals surface area contributed by atoms with Crippen LogP contribution in [0.2, 0.25) is 0 Å². The molecule has 0 amide bonds. The van der Waals surface area contributed by atoms with E-state index in [1.807, 2.05) is 6.07 Å². The first-order valence-electron chi connectivity index (χ1n) is 5.15. The van der Waals surface area contributed by atoms with E-state index in [1.54, 1.807) is 0 Å². The van der Waals surface area contributed by atoms with Crippen molar-refractivity contribution in [3.8, 4) is 11.1 Å². The molecule has 0 aliphatic carbocycles. The molecule has 0 heterocycles. The minimum Gasteiger partial charge on any atom is -0.0622 e. The number of benzene rings is 2. The molecule has 1 heteroatoms. The molecule has 0 unspecified atom stereocenters. The molecule has 0 nitrogen and oxygen atoms in total. The Kier molecular flexibility index (Phi) is 3.22. The summed E-state index contributed by atoms with van der Waals surface area (Å²) in [6.45, 7) is 2.18. The van der Waals surface area contributed by atoms with Gasteiger partial charge in [0, 0.05) is 4.47 Å². The lowest BCUT2D eigenvalue weighted by atomic mass is 10.0. The van der Waals surface area contributed by atoms with E-state index in [2.05, 4.69) is 65.3 Å². The SMILES string of the molecule is CCc1ccc(Br)c(-c2ccccc2)c1. The summed E-state index contributed by atoms with van der Waals surface area (Å²) in [7, 11) is 0. The molecule has 0 N–H and O–H groups in total. The number of halogens is 1. The van der Waals surface area contributed by atoms with Gasteiger partial charge in [0.1, 0.15) is 0 Å². The van der Waals surface area contributed by atoms with Crippen molar-refractivity contribution >= 4 is 15.9 Å². The highest BCUT2D eigenvalue weighted by Crippen LogP contribution is 2.29. The van der Waals surface area contributed by atoms with E-state index >= 15 is 0 Å². The lowest BCUT2D eigenvalue weighted by molar-refractivity contribution is 1.14. The van der Waals surface area contributed by atoms with Gasteiger partial charge in [0.25, 0.3) is 0 Å². The standard InChI is InChI=1S/C14H13Br/c1-2-11-8-9-14(15)13(10-11)12-6-4-3-5-7-12/h3-10H,2H2,1H3. The van der Waals surface area contributed by atoms with Crippen LogP contribution in [-0.4, -0.2) is 0 Å². The summed E-state index contributed by atoms with van der Waals surface area (Å²) in [4.78, 5) is 0. The van der Waals surface area contributed by atoms with Crippen LogP contribution in [-0.2, 0) is 6.42 Å². The van der Waals surface area contributed by atoms with Crippen molar-refractivity contribution in [2.75, 3.05) is 0 Å². The summed E-state index contributed by atoms with van der Waals surface area (Å²) in [6, 6.07) is 17.0. The van der Waals surface area contributed by atoms with E-state index in [0.717, 1.165) is 10.9 Å². The molecule has 2 aromatic rings. The van der Waals surface area contributed by atoms with Crippen LogP contribution in [0.5, 0.6) is 0 Å². The van der Waals surface area contributed by atoms with Crippen molar-refractivity contribution in [3.05, 3.63) is 58.6 Å². The van der Waals surface area contributed by atoms with Gasteiger partial charge in [0.2, 0.25) is 0 Å². The maximum absolute atomic E-state index is 3.60. The summed E-state index contributed by atoms with van der Waals surface area (Å²) in [5.74, 6) is 0. The molecule has 0 atom stereocenters.